The Morgan fingerprint density at radius 3 is 2.45 bits per heavy atom. The summed E-state index contributed by atoms with van der Waals surface area (Å²) in [6.45, 7) is 1.68. The number of carbonyl (C=O) groups excluding carboxylic acids is 1. The molecular weight excluding hydrogens is 418 g/mol. The van der Waals surface area contributed by atoms with E-state index in [1.54, 1.807) is 37.3 Å². The standard InChI is InChI=1S/C23H20ClN3O4/c1-15(20-8-5-11-31-20)25-21(28)14-27-19-12-17(24)9-10-18(19)26(22(29)23(27)30)13-16-6-3-2-4-7-16/h2-12,15H,13-14H2,1H3,(H,25,28). The molecule has 31 heavy (non-hydrogen) atoms. The quantitative estimate of drug-likeness (QED) is 0.469. The smallest absolute Gasteiger partial charge is 0.317 e. The molecule has 0 aliphatic rings. The van der Waals surface area contributed by atoms with Gasteiger partial charge in [0.2, 0.25) is 5.91 Å². The molecule has 2 aromatic heterocycles. The number of hydrogen-bond donors (Lipinski definition) is 1. The van der Waals surface area contributed by atoms with Crippen LogP contribution in [0.25, 0.3) is 11.0 Å². The summed E-state index contributed by atoms with van der Waals surface area (Å²) >= 11 is 6.17. The highest BCUT2D eigenvalue weighted by molar-refractivity contribution is 6.31. The SMILES string of the molecule is CC(NC(=O)Cn1c(=O)c(=O)n(Cc2ccccc2)c2ccc(Cl)cc21)c1ccco1. The van der Waals surface area contributed by atoms with Gasteiger partial charge < -0.3 is 9.73 Å². The van der Waals surface area contributed by atoms with Crippen molar-refractivity contribution in [1.29, 1.82) is 0 Å². The molecular formula is C23H20ClN3O4. The van der Waals surface area contributed by atoms with Gasteiger partial charge in [0, 0.05) is 5.02 Å². The van der Waals surface area contributed by atoms with Crippen molar-refractivity contribution in [2.75, 3.05) is 0 Å². The second-order valence-electron chi connectivity index (χ2n) is 7.21. The lowest BCUT2D eigenvalue weighted by Gasteiger charge is -2.17. The number of amides is 1. The normalized spacial score (nSPS) is 12.1. The monoisotopic (exact) mass is 437 g/mol. The summed E-state index contributed by atoms with van der Waals surface area (Å²) in [6, 6.07) is 17.4. The second kappa shape index (κ2) is 8.65. The van der Waals surface area contributed by atoms with Gasteiger partial charge in [0.15, 0.2) is 0 Å². The van der Waals surface area contributed by atoms with Crippen molar-refractivity contribution in [3.8, 4) is 0 Å². The Labute approximate surface area is 182 Å². The van der Waals surface area contributed by atoms with Crippen molar-refractivity contribution in [3.05, 3.63) is 104 Å². The Morgan fingerprint density at radius 2 is 1.74 bits per heavy atom. The van der Waals surface area contributed by atoms with Gasteiger partial charge in [-0.1, -0.05) is 41.9 Å². The molecule has 2 heterocycles. The van der Waals surface area contributed by atoms with Gasteiger partial charge in [-0.3, -0.25) is 23.5 Å². The highest BCUT2D eigenvalue weighted by atomic mass is 35.5. The third-order valence-electron chi connectivity index (χ3n) is 5.02. The summed E-state index contributed by atoms with van der Waals surface area (Å²) in [5, 5.41) is 3.18. The number of halogens is 1. The van der Waals surface area contributed by atoms with E-state index in [2.05, 4.69) is 5.32 Å². The van der Waals surface area contributed by atoms with E-state index in [4.69, 9.17) is 16.0 Å². The van der Waals surface area contributed by atoms with E-state index in [1.165, 1.54) is 10.8 Å². The summed E-state index contributed by atoms with van der Waals surface area (Å²) in [7, 11) is 0. The number of nitrogens with one attached hydrogen (secondary N) is 1. The van der Waals surface area contributed by atoms with Crippen molar-refractivity contribution in [3.63, 3.8) is 0 Å². The highest BCUT2D eigenvalue weighted by Crippen LogP contribution is 2.19. The number of nitrogens with zero attached hydrogens (tertiary/aromatic N) is 2. The van der Waals surface area contributed by atoms with Gasteiger partial charge in [-0.05, 0) is 42.8 Å². The van der Waals surface area contributed by atoms with Crippen LogP contribution in [0.3, 0.4) is 0 Å². The molecule has 0 radical (unpaired) electrons. The van der Waals surface area contributed by atoms with Crippen molar-refractivity contribution in [2.45, 2.75) is 26.1 Å². The number of furan rings is 1. The lowest BCUT2D eigenvalue weighted by molar-refractivity contribution is -0.122. The van der Waals surface area contributed by atoms with Gasteiger partial charge in [-0.25, -0.2) is 0 Å². The zero-order valence-corrected chi connectivity index (χ0v) is 17.5. The van der Waals surface area contributed by atoms with Crippen LogP contribution in [0.2, 0.25) is 5.02 Å². The minimum absolute atomic E-state index is 0.232. The molecule has 158 valence electrons. The molecule has 0 bridgehead atoms. The minimum Gasteiger partial charge on any atom is -0.467 e. The van der Waals surface area contributed by atoms with Crippen molar-refractivity contribution >= 4 is 28.5 Å². The zero-order valence-electron chi connectivity index (χ0n) is 16.7. The van der Waals surface area contributed by atoms with Crippen LogP contribution in [0.1, 0.15) is 24.3 Å². The fraction of sp³-hybridized carbons (Fsp3) is 0.174. The number of carbonyl (C=O) groups is 1. The van der Waals surface area contributed by atoms with Gasteiger partial charge >= 0.3 is 11.1 Å². The van der Waals surface area contributed by atoms with Gasteiger partial charge in [0.25, 0.3) is 0 Å². The predicted molar refractivity (Wildman–Crippen MR) is 118 cm³/mol. The summed E-state index contributed by atoms with van der Waals surface area (Å²) < 4.78 is 7.86. The van der Waals surface area contributed by atoms with Crippen LogP contribution in [0.4, 0.5) is 0 Å². The Kier molecular flexibility index (Phi) is 5.77. The molecule has 0 spiro atoms. The van der Waals surface area contributed by atoms with E-state index in [0.717, 1.165) is 10.1 Å². The molecule has 1 atom stereocenters. The van der Waals surface area contributed by atoms with E-state index >= 15 is 0 Å². The topological polar surface area (TPSA) is 86.2 Å². The molecule has 4 rings (SSSR count). The van der Waals surface area contributed by atoms with Gasteiger partial charge in [0.05, 0.1) is 29.9 Å². The Bertz CT molecular complexity index is 1340. The first-order chi connectivity index (χ1) is 14.9. The van der Waals surface area contributed by atoms with Gasteiger partial charge in [0.1, 0.15) is 12.3 Å². The number of aromatic nitrogens is 2. The lowest BCUT2D eigenvalue weighted by Crippen LogP contribution is -2.44. The highest BCUT2D eigenvalue weighted by Gasteiger charge is 2.18. The molecule has 1 N–H and O–H groups in total. The summed E-state index contributed by atoms with van der Waals surface area (Å²) in [5.41, 5.74) is 0.318. The van der Waals surface area contributed by atoms with E-state index in [-0.39, 0.29) is 19.1 Å². The van der Waals surface area contributed by atoms with Crippen molar-refractivity contribution in [2.24, 2.45) is 0 Å². The Morgan fingerprint density at radius 1 is 1.00 bits per heavy atom. The second-order valence-corrected chi connectivity index (χ2v) is 7.64. The third-order valence-corrected chi connectivity index (χ3v) is 5.26. The molecule has 0 aliphatic carbocycles. The molecule has 1 unspecified atom stereocenters. The minimum atomic E-state index is -0.786. The molecule has 1 amide bonds. The van der Waals surface area contributed by atoms with Crippen LogP contribution < -0.4 is 16.4 Å². The first kappa shape index (κ1) is 20.7. The number of hydrogen-bond acceptors (Lipinski definition) is 4. The van der Waals surface area contributed by atoms with Crippen LogP contribution in [0.5, 0.6) is 0 Å². The summed E-state index contributed by atoms with van der Waals surface area (Å²) in [4.78, 5) is 38.5. The maximum Gasteiger partial charge on any atom is 0.317 e. The summed E-state index contributed by atoms with van der Waals surface area (Å²) in [6.07, 6.45) is 1.52. The van der Waals surface area contributed by atoms with Crippen LogP contribution in [-0.4, -0.2) is 15.0 Å². The maximum atomic E-state index is 12.9. The fourth-order valence-electron chi connectivity index (χ4n) is 3.51. The third kappa shape index (κ3) is 4.32. The van der Waals surface area contributed by atoms with Gasteiger partial charge in [-0.2, -0.15) is 0 Å². The Balaban J connectivity index is 1.74. The molecule has 2 aromatic carbocycles. The molecule has 0 saturated heterocycles. The van der Waals surface area contributed by atoms with Crippen LogP contribution in [0, 0.1) is 0 Å². The molecule has 0 saturated carbocycles. The largest absolute Gasteiger partial charge is 0.467 e. The first-order valence-electron chi connectivity index (χ1n) is 9.73. The average Bonchev–Trinajstić information content (AvgIpc) is 3.30. The maximum absolute atomic E-state index is 12.9. The van der Waals surface area contributed by atoms with Gasteiger partial charge in [-0.15, -0.1) is 0 Å². The predicted octanol–water partition coefficient (Wildman–Crippen LogP) is 3.34. The van der Waals surface area contributed by atoms with Crippen molar-refractivity contribution < 1.29 is 9.21 Å². The fourth-order valence-corrected chi connectivity index (χ4v) is 3.68. The molecule has 8 heteroatoms. The van der Waals surface area contributed by atoms with E-state index < -0.39 is 17.0 Å². The van der Waals surface area contributed by atoms with Crippen LogP contribution >= 0.6 is 11.6 Å². The van der Waals surface area contributed by atoms with E-state index in [0.29, 0.717) is 21.8 Å². The number of rotatable bonds is 6. The van der Waals surface area contributed by atoms with Crippen molar-refractivity contribution in [1.82, 2.24) is 14.5 Å². The molecule has 0 aliphatic heterocycles. The first-order valence-corrected chi connectivity index (χ1v) is 10.1. The zero-order chi connectivity index (χ0) is 22.0. The lowest BCUT2D eigenvalue weighted by atomic mass is 10.2. The molecule has 0 fully saturated rings. The Hall–Kier alpha value is -3.58. The van der Waals surface area contributed by atoms with E-state index in [1.807, 2.05) is 30.3 Å². The number of fused-ring (bicyclic) bond motifs is 1. The summed E-state index contributed by atoms with van der Waals surface area (Å²) in [5.74, 6) is 0.166. The van der Waals surface area contributed by atoms with E-state index in [9.17, 15) is 14.4 Å². The number of benzene rings is 2. The average molecular weight is 438 g/mol. The van der Waals surface area contributed by atoms with Crippen LogP contribution in [-0.2, 0) is 17.9 Å². The molecule has 4 aromatic rings. The van der Waals surface area contributed by atoms with Crippen LogP contribution in [0.15, 0.2) is 80.9 Å². The molecule has 7 nitrogen and oxygen atoms in total.